The number of benzene rings is 2. The van der Waals surface area contributed by atoms with Crippen molar-refractivity contribution >= 4 is 11.6 Å². The fraction of sp³-hybridized carbons (Fsp3) is 0.235. The van der Waals surface area contributed by atoms with Crippen LogP contribution in [0.5, 0.6) is 0 Å². The monoisotopic (exact) mass is 316 g/mol. The number of hydrogen-bond acceptors (Lipinski definition) is 3. The van der Waals surface area contributed by atoms with Crippen molar-refractivity contribution < 1.29 is 14.1 Å². The van der Waals surface area contributed by atoms with E-state index in [0.717, 1.165) is 0 Å². The minimum absolute atomic E-state index is 0.0238. The van der Waals surface area contributed by atoms with E-state index in [2.05, 4.69) is 0 Å². The number of nitro benzene ring substituents is 1. The lowest BCUT2D eigenvalue weighted by Crippen LogP contribution is -2.31. The Labute approximate surface area is 133 Å². The number of hydrogen-bond donors (Lipinski definition) is 0. The van der Waals surface area contributed by atoms with Crippen molar-refractivity contribution in [3.8, 4) is 0 Å². The lowest BCUT2D eigenvalue weighted by atomic mass is 10.1. The second kappa shape index (κ2) is 7.00. The normalized spacial score (nSPS) is 11.8. The number of nitro groups is 1. The molecule has 0 aliphatic rings. The van der Waals surface area contributed by atoms with Crippen molar-refractivity contribution in [1.29, 1.82) is 0 Å². The van der Waals surface area contributed by atoms with Gasteiger partial charge in [-0.3, -0.25) is 14.9 Å². The molecule has 0 aromatic heterocycles. The van der Waals surface area contributed by atoms with Crippen molar-refractivity contribution in [3.05, 3.63) is 75.6 Å². The fourth-order valence-electron chi connectivity index (χ4n) is 2.27. The Morgan fingerprint density at radius 3 is 2.61 bits per heavy atom. The zero-order valence-electron chi connectivity index (χ0n) is 12.9. The van der Waals surface area contributed by atoms with Crippen LogP contribution in [0.15, 0.2) is 48.5 Å². The lowest BCUT2D eigenvalue weighted by Gasteiger charge is -2.25. The molecule has 1 amide bonds. The Bertz CT molecular complexity index is 733. The Morgan fingerprint density at radius 1 is 1.26 bits per heavy atom. The number of halogens is 1. The zero-order chi connectivity index (χ0) is 17.0. The van der Waals surface area contributed by atoms with Crippen LogP contribution in [-0.4, -0.2) is 22.8 Å². The number of amides is 1. The van der Waals surface area contributed by atoms with Gasteiger partial charge >= 0.3 is 0 Å². The molecule has 0 heterocycles. The number of carbonyl (C=O) groups excluding carboxylic acids is 1. The highest BCUT2D eigenvalue weighted by Gasteiger charge is 2.20. The molecule has 0 radical (unpaired) electrons. The molecule has 0 fully saturated rings. The summed E-state index contributed by atoms with van der Waals surface area (Å²) < 4.78 is 13.6. The van der Waals surface area contributed by atoms with E-state index in [1.54, 1.807) is 44.3 Å². The molecule has 0 saturated heterocycles. The van der Waals surface area contributed by atoms with Gasteiger partial charge in [0.15, 0.2) is 0 Å². The molecule has 0 bridgehead atoms. The van der Waals surface area contributed by atoms with Crippen molar-refractivity contribution in [3.63, 3.8) is 0 Å². The predicted octanol–water partition coefficient (Wildman–Crippen LogP) is 3.50. The summed E-state index contributed by atoms with van der Waals surface area (Å²) in [6.07, 6.45) is -0.0531. The summed E-state index contributed by atoms with van der Waals surface area (Å²) in [5, 5.41) is 10.8. The molecule has 6 heteroatoms. The van der Waals surface area contributed by atoms with Gasteiger partial charge in [0, 0.05) is 19.2 Å². The van der Waals surface area contributed by atoms with Crippen LogP contribution in [0.4, 0.5) is 10.1 Å². The van der Waals surface area contributed by atoms with Crippen molar-refractivity contribution in [1.82, 2.24) is 4.90 Å². The minimum atomic E-state index is -0.475. The largest absolute Gasteiger partial charge is 0.339 e. The Morgan fingerprint density at radius 2 is 1.96 bits per heavy atom. The maximum atomic E-state index is 13.6. The summed E-state index contributed by atoms with van der Waals surface area (Å²) >= 11 is 0. The molecule has 0 N–H and O–H groups in total. The lowest BCUT2D eigenvalue weighted by molar-refractivity contribution is -0.384. The molecule has 0 unspecified atom stereocenters. The summed E-state index contributed by atoms with van der Waals surface area (Å²) in [5.41, 5.74) is 0.962. The highest BCUT2D eigenvalue weighted by Crippen LogP contribution is 2.23. The van der Waals surface area contributed by atoms with Crippen LogP contribution in [-0.2, 0) is 11.2 Å². The quantitative estimate of drug-likeness (QED) is 0.626. The van der Waals surface area contributed by atoms with Crippen LogP contribution in [0.1, 0.15) is 24.1 Å². The van der Waals surface area contributed by atoms with E-state index in [-0.39, 0.29) is 24.1 Å². The van der Waals surface area contributed by atoms with E-state index in [9.17, 15) is 19.3 Å². The topological polar surface area (TPSA) is 63.5 Å². The molecule has 120 valence electrons. The number of non-ortho nitro benzene ring substituents is 1. The number of carbonyl (C=O) groups is 1. The van der Waals surface area contributed by atoms with Crippen molar-refractivity contribution in [2.45, 2.75) is 19.4 Å². The maximum Gasteiger partial charge on any atom is 0.269 e. The van der Waals surface area contributed by atoms with Crippen LogP contribution in [0.25, 0.3) is 0 Å². The van der Waals surface area contributed by atoms with E-state index >= 15 is 0 Å². The summed E-state index contributed by atoms with van der Waals surface area (Å²) in [7, 11) is 1.60. The summed E-state index contributed by atoms with van der Waals surface area (Å²) in [4.78, 5) is 24.2. The zero-order valence-corrected chi connectivity index (χ0v) is 12.9. The van der Waals surface area contributed by atoms with Gasteiger partial charge in [0.2, 0.25) is 5.91 Å². The van der Waals surface area contributed by atoms with Gasteiger partial charge in [-0.2, -0.15) is 0 Å². The molecule has 5 nitrogen and oxygen atoms in total. The van der Waals surface area contributed by atoms with Crippen molar-refractivity contribution in [2.24, 2.45) is 0 Å². The van der Waals surface area contributed by atoms with E-state index in [1.807, 2.05) is 0 Å². The molecular formula is C17H17FN2O3. The van der Waals surface area contributed by atoms with Gasteiger partial charge in [-0.15, -0.1) is 0 Å². The van der Waals surface area contributed by atoms with Crippen LogP contribution in [0.2, 0.25) is 0 Å². The molecule has 23 heavy (non-hydrogen) atoms. The third-order valence-electron chi connectivity index (χ3n) is 3.84. The first kappa shape index (κ1) is 16.6. The number of rotatable bonds is 5. The Balaban J connectivity index is 2.14. The third kappa shape index (κ3) is 3.91. The summed E-state index contributed by atoms with van der Waals surface area (Å²) in [6, 6.07) is 11.9. The predicted molar refractivity (Wildman–Crippen MR) is 84.4 cm³/mol. The first-order valence-corrected chi connectivity index (χ1v) is 7.13. The van der Waals surface area contributed by atoms with Gasteiger partial charge in [0.25, 0.3) is 5.69 Å². The smallest absolute Gasteiger partial charge is 0.269 e. The molecule has 0 aliphatic carbocycles. The van der Waals surface area contributed by atoms with Gasteiger partial charge in [-0.1, -0.05) is 30.3 Å². The summed E-state index contributed by atoms with van der Waals surface area (Å²) in [5.74, 6) is -0.675. The molecule has 0 aliphatic heterocycles. The summed E-state index contributed by atoms with van der Waals surface area (Å²) in [6.45, 7) is 1.78. The van der Waals surface area contributed by atoms with Crippen LogP contribution < -0.4 is 0 Å². The van der Waals surface area contributed by atoms with Crippen LogP contribution in [0, 0.1) is 15.9 Å². The van der Waals surface area contributed by atoms with Gasteiger partial charge in [-0.05, 0) is 24.1 Å². The molecule has 0 saturated carbocycles. The molecule has 2 rings (SSSR count). The van der Waals surface area contributed by atoms with Crippen LogP contribution in [0.3, 0.4) is 0 Å². The Kier molecular flexibility index (Phi) is 5.05. The maximum absolute atomic E-state index is 13.6. The molecule has 0 spiro atoms. The van der Waals surface area contributed by atoms with Crippen LogP contribution >= 0.6 is 0 Å². The first-order chi connectivity index (χ1) is 10.9. The second-order valence-corrected chi connectivity index (χ2v) is 5.30. The van der Waals surface area contributed by atoms with E-state index < -0.39 is 10.7 Å². The van der Waals surface area contributed by atoms with Gasteiger partial charge in [0.1, 0.15) is 5.82 Å². The van der Waals surface area contributed by atoms with E-state index in [4.69, 9.17) is 0 Å². The molecule has 1 atom stereocenters. The average Bonchev–Trinajstić information content (AvgIpc) is 2.55. The SMILES string of the molecule is C[C@@H](c1cccc([N+](=O)[O-])c1)N(C)C(=O)Cc1ccccc1F. The van der Waals surface area contributed by atoms with E-state index in [0.29, 0.717) is 11.1 Å². The van der Waals surface area contributed by atoms with Crippen molar-refractivity contribution in [2.75, 3.05) is 7.05 Å². The number of nitrogens with zero attached hydrogens (tertiary/aromatic N) is 2. The molecule has 2 aromatic carbocycles. The average molecular weight is 316 g/mol. The van der Waals surface area contributed by atoms with Gasteiger partial charge in [-0.25, -0.2) is 4.39 Å². The first-order valence-electron chi connectivity index (χ1n) is 7.13. The second-order valence-electron chi connectivity index (χ2n) is 5.30. The van der Waals surface area contributed by atoms with Gasteiger partial charge in [0.05, 0.1) is 17.4 Å². The molecule has 2 aromatic rings. The molecular weight excluding hydrogens is 299 g/mol. The van der Waals surface area contributed by atoms with E-state index in [1.165, 1.54) is 23.1 Å². The fourth-order valence-corrected chi connectivity index (χ4v) is 2.27. The minimum Gasteiger partial charge on any atom is -0.339 e. The third-order valence-corrected chi connectivity index (χ3v) is 3.84. The Hall–Kier alpha value is -2.76. The number of likely N-dealkylation sites (N-methyl/N-ethyl adjacent to an activating group) is 1. The highest BCUT2D eigenvalue weighted by molar-refractivity contribution is 5.79. The standard InChI is InChI=1S/C17H17FN2O3/c1-12(13-7-5-8-15(10-13)20(22)23)19(2)17(21)11-14-6-3-4-9-16(14)18/h3-10,12H,11H2,1-2H3/t12-/m0/s1. The highest BCUT2D eigenvalue weighted by atomic mass is 19.1. The van der Waals surface area contributed by atoms with Gasteiger partial charge < -0.3 is 4.90 Å².